The monoisotopic (exact) mass is 579 g/mol. The number of nitrogens with zero attached hydrogens (tertiary/aromatic N) is 5. The fourth-order valence-electron chi connectivity index (χ4n) is 5.59. The SMILES string of the molecule is O=C(N=Nc1c(O)n(CN2CC3C[C@@H](C2)c2cccc(=O)n2C3)c2ccc(Br)cc12)c1ccc(Cl)cc1. The number of fused-ring (bicyclic) bond motifs is 5. The van der Waals surface area contributed by atoms with E-state index in [0.29, 0.717) is 35.1 Å². The molecule has 37 heavy (non-hydrogen) atoms. The highest BCUT2D eigenvalue weighted by Gasteiger charge is 2.35. The summed E-state index contributed by atoms with van der Waals surface area (Å²) in [5.41, 5.74) is 2.53. The molecule has 2 bridgehead atoms. The van der Waals surface area contributed by atoms with Crippen molar-refractivity contribution in [3.63, 3.8) is 0 Å². The van der Waals surface area contributed by atoms with Gasteiger partial charge < -0.3 is 9.67 Å². The minimum Gasteiger partial charge on any atom is -0.493 e. The second kappa shape index (κ2) is 9.55. The zero-order chi connectivity index (χ0) is 25.7. The largest absolute Gasteiger partial charge is 0.493 e. The topological polar surface area (TPSA) is 92.2 Å². The maximum absolute atomic E-state index is 12.6. The molecule has 1 amide bonds. The van der Waals surface area contributed by atoms with Crippen molar-refractivity contribution >= 4 is 50.0 Å². The summed E-state index contributed by atoms with van der Waals surface area (Å²) in [5, 5.41) is 20.5. The predicted molar refractivity (Wildman–Crippen MR) is 145 cm³/mol. The first kappa shape index (κ1) is 24.1. The predicted octanol–water partition coefficient (Wildman–Crippen LogP) is 5.93. The molecule has 2 aliphatic heterocycles. The Kier molecular flexibility index (Phi) is 6.22. The van der Waals surface area contributed by atoms with Gasteiger partial charge in [-0.15, -0.1) is 10.2 Å². The number of carbonyl (C=O) groups is 1. The number of halogens is 2. The molecule has 8 nitrogen and oxygen atoms in total. The highest BCUT2D eigenvalue weighted by atomic mass is 79.9. The molecule has 10 heteroatoms. The van der Waals surface area contributed by atoms with Gasteiger partial charge in [-0.1, -0.05) is 33.6 Å². The van der Waals surface area contributed by atoms with Crippen LogP contribution in [-0.4, -0.2) is 38.1 Å². The van der Waals surface area contributed by atoms with Crippen molar-refractivity contribution in [3.05, 3.63) is 91.8 Å². The summed E-state index contributed by atoms with van der Waals surface area (Å²) in [6, 6.07) is 17.6. The maximum Gasteiger partial charge on any atom is 0.295 e. The van der Waals surface area contributed by atoms with Gasteiger partial charge in [-0.3, -0.25) is 19.1 Å². The number of carbonyl (C=O) groups excluding carboxylic acids is 1. The van der Waals surface area contributed by atoms with Gasteiger partial charge in [0.05, 0.1) is 12.2 Å². The second-order valence-electron chi connectivity index (χ2n) is 9.65. The molecule has 1 N–H and O–H groups in total. The van der Waals surface area contributed by atoms with Crippen molar-refractivity contribution in [1.29, 1.82) is 0 Å². The quantitative estimate of drug-likeness (QED) is 0.303. The highest BCUT2D eigenvalue weighted by Crippen LogP contribution is 2.41. The lowest BCUT2D eigenvalue weighted by atomic mass is 9.83. The maximum atomic E-state index is 12.6. The third-order valence-corrected chi connectivity index (χ3v) is 7.95. The van der Waals surface area contributed by atoms with Crippen molar-refractivity contribution in [2.45, 2.75) is 25.6 Å². The molecule has 0 radical (unpaired) electrons. The van der Waals surface area contributed by atoms with Crippen LogP contribution in [0.2, 0.25) is 5.02 Å². The fourth-order valence-corrected chi connectivity index (χ4v) is 6.08. The molecular weight excluding hydrogens is 558 g/mol. The molecule has 2 aromatic heterocycles. The van der Waals surface area contributed by atoms with Crippen LogP contribution < -0.4 is 5.56 Å². The Morgan fingerprint density at radius 3 is 2.70 bits per heavy atom. The van der Waals surface area contributed by atoms with Crippen molar-refractivity contribution < 1.29 is 9.90 Å². The summed E-state index contributed by atoms with van der Waals surface area (Å²) in [4.78, 5) is 27.2. The summed E-state index contributed by atoms with van der Waals surface area (Å²) < 4.78 is 4.54. The van der Waals surface area contributed by atoms with Crippen LogP contribution in [0, 0.1) is 5.92 Å². The van der Waals surface area contributed by atoms with Crippen molar-refractivity contribution in [2.75, 3.05) is 13.1 Å². The van der Waals surface area contributed by atoms with Crippen LogP contribution in [0.15, 0.2) is 80.2 Å². The van der Waals surface area contributed by atoms with Gasteiger partial charge in [-0.25, -0.2) is 0 Å². The number of aromatic hydroxyl groups is 1. The van der Waals surface area contributed by atoms with E-state index in [-0.39, 0.29) is 23.0 Å². The Hall–Kier alpha value is -3.27. The lowest BCUT2D eigenvalue weighted by molar-refractivity contribution is 0.0922. The van der Waals surface area contributed by atoms with Crippen LogP contribution >= 0.6 is 27.5 Å². The summed E-state index contributed by atoms with van der Waals surface area (Å²) >= 11 is 9.41. The molecule has 0 aliphatic carbocycles. The molecular formula is C27H23BrClN5O3. The van der Waals surface area contributed by atoms with Gasteiger partial charge in [-0.2, -0.15) is 0 Å². The fraction of sp³-hybridized carbons (Fsp3) is 0.259. The minimum absolute atomic E-state index is 0.0480. The van der Waals surface area contributed by atoms with Crippen LogP contribution in [0.4, 0.5) is 5.69 Å². The highest BCUT2D eigenvalue weighted by molar-refractivity contribution is 9.10. The van der Waals surface area contributed by atoms with E-state index in [2.05, 4.69) is 31.1 Å². The molecule has 2 aliphatic rings. The number of amides is 1. The first-order chi connectivity index (χ1) is 17.9. The smallest absolute Gasteiger partial charge is 0.295 e. The third kappa shape index (κ3) is 4.52. The average molecular weight is 581 g/mol. The summed E-state index contributed by atoms with van der Waals surface area (Å²) in [5.74, 6) is 0.0501. The average Bonchev–Trinajstić information content (AvgIpc) is 3.13. The van der Waals surface area contributed by atoms with Crippen molar-refractivity contribution in [3.8, 4) is 5.88 Å². The van der Waals surface area contributed by atoms with E-state index in [1.165, 1.54) is 0 Å². The van der Waals surface area contributed by atoms with E-state index < -0.39 is 5.91 Å². The van der Waals surface area contributed by atoms with Crippen molar-refractivity contribution in [2.24, 2.45) is 16.1 Å². The number of aromatic nitrogens is 2. The molecule has 0 saturated carbocycles. The van der Waals surface area contributed by atoms with E-state index in [1.807, 2.05) is 39.5 Å². The van der Waals surface area contributed by atoms with E-state index in [4.69, 9.17) is 11.6 Å². The summed E-state index contributed by atoms with van der Waals surface area (Å²) in [6.45, 7) is 2.76. The number of azo groups is 1. The van der Waals surface area contributed by atoms with Gasteiger partial charge in [0, 0.05) is 57.8 Å². The minimum atomic E-state index is -0.523. The van der Waals surface area contributed by atoms with Crippen LogP contribution in [-0.2, 0) is 13.2 Å². The molecule has 188 valence electrons. The van der Waals surface area contributed by atoms with Crippen molar-refractivity contribution in [1.82, 2.24) is 14.0 Å². The standard InChI is InChI=1S/C27H23BrClN5O3/c28-19-6-9-23-21(11-19)25(30-31-26(36)17-4-7-20(29)8-5-17)27(37)34(23)15-32-12-16-10-18(14-32)22-2-1-3-24(35)33(22)13-16/h1-9,11,16,18,37H,10,12-15H2/t16?,18-/m0/s1. The van der Waals surface area contributed by atoms with Gasteiger partial charge in [0.15, 0.2) is 5.69 Å². The number of benzene rings is 2. The first-order valence-electron chi connectivity index (χ1n) is 12.0. The second-order valence-corrected chi connectivity index (χ2v) is 11.0. The van der Waals surface area contributed by atoms with E-state index in [1.54, 1.807) is 30.3 Å². The Bertz CT molecular complexity index is 1610. The van der Waals surface area contributed by atoms with Crippen LogP contribution in [0.5, 0.6) is 5.88 Å². The van der Waals surface area contributed by atoms with Gasteiger partial charge in [0.1, 0.15) is 0 Å². The normalized spacial score (nSPS) is 19.4. The van der Waals surface area contributed by atoms with Crippen LogP contribution in [0.25, 0.3) is 10.9 Å². The van der Waals surface area contributed by atoms with E-state index >= 15 is 0 Å². The molecule has 4 aromatic rings. The third-order valence-electron chi connectivity index (χ3n) is 7.20. The number of rotatable bonds is 4. The number of hydrogen-bond acceptors (Lipinski definition) is 5. The molecule has 2 aromatic carbocycles. The summed E-state index contributed by atoms with van der Waals surface area (Å²) in [6.07, 6.45) is 1.05. The summed E-state index contributed by atoms with van der Waals surface area (Å²) in [7, 11) is 0. The molecule has 0 spiro atoms. The molecule has 6 rings (SSSR count). The van der Waals surface area contributed by atoms with Gasteiger partial charge in [0.25, 0.3) is 11.5 Å². The molecule has 1 saturated heterocycles. The van der Waals surface area contributed by atoms with E-state index in [9.17, 15) is 14.7 Å². The Labute approximate surface area is 225 Å². The van der Waals surface area contributed by atoms with Crippen LogP contribution in [0.3, 0.4) is 0 Å². The van der Waals surface area contributed by atoms with Crippen LogP contribution in [0.1, 0.15) is 28.4 Å². The number of pyridine rings is 1. The Morgan fingerprint density at radius 2 is 1.89 bits per heavy atom. The molecule has 2 atom stereocenters. The Morgan fingerprint density at radius 1 is 1.08 bits per heavy atom. The molecule has 1 fully saturated rings. The lowest BCUT2D eigenvalue weighted by Crippen LogP contribution is -2.47. The van der Waals surface area contributed by atoms with Gasteiger partial charge >= 0.3 is 0 Å². The molecule has 1 unspecified atom stereocenters. The lowest BCUT2D eigenvalue weighted by Gasteiger charge is -2.42. The zero-order valence-corrected chi connectivity index (χ0v) is 22.1. The van der Waals surface area contributed by atoms with E-state index in [0.717, 1.165) is 35.2 Å². The van der Waals surface area contributed by atoms with Gasteiger partial charge in [0.2, 0.25) is 5.88 Å². The zero-order valence-electron chi connectivity index (χ0n) is 19.7. The first-order valence-corrected chi connectivity index (χ1v) is 13.2. The number of piperidine rings is 1. The number of hydrogen-bond donors (Lipinski definition) is 1. The number of likely N-dealkylation sites (tertiary alicyclic amines) is 1. The molecule has 4 heterocycles. The Balaban J connectivity index is 1.31. The van der Waals surface area contributed by atoms with Gasteiger partial charge in [-0.05, 0) is 60.9 Å².